The van der Waals surface area contributed by atoms with Crippen LogP contribution in [0.25, 0.3) is 0 Å². The van der Waals surface area contributed by atoms with E-state index in [1.807, 2.05) is 0 Å². The molecule has 1 aromatic carbocycles. The molecule has 3 N–H and O–H groups in total. The van der Waals surface area contributed by atoms with Crippen molar-refractivity contribution in [2.75, 3.05) is 10.6 Å². The maximum Gasteiger partial charge on any atom is 0.252 e. The van der Waals surface area contributed by atoms with Gasteiger partial charge in [0.2, 0.25) is 5.91 Å². The number of hydrogen-bond acceptors (Lipinski definition) is 5. The van der Waals surface area contributed by atoms with Gasteiger partial charge in [0.15, 0.2) is 5.82 Å². The Morgan fingerprint density at radius 1 is 1.09 bits per heavy atom. The third-order valence-electron chi connectivity index (χ3n) is 5.99. The van der Waals surface area contributed by atoms with Crippen LogP contribution in [0.1, 0.15) is 48.2 Å². The van der Waals surface area contributed by atoms with Crippen molar-refractivity contribution in [2.24, 2.45) is 5.92 Å². The van der Waals surface area contributed by atoms with Crippen molar-refractivity contribution in [3.63, 3.8) is 0 Å². The van der Waals surface area contributed by atoms with Crippen LogP contribution < -0.4 is 16.0 Å². The summed E-state index contributed by atoms with van der Waals surface area (Å²) in [7, 11) is 0. The molecule has 0 radical (unpaired) electrons. The van der Waals surface area contributed by atoms with Crippen LogP contribution in [0.2, 0.25) is 0 Å². The van der Waals surface area contributed by atoms with Gasteiger partial charge in [-0.1, -0.05) is 31.7 Å². The molecule has 1 saturated carbocycles. The van der Waals surface area contributed by atoms with E-state index >= 15 is 0 Å². The van der Waals surface area contributed by atoms with Crippen molar-refractivity contribution in [3.8, 4) is 0 Å². The molecule has 0 unspecified atom stereocenters. The molecule has 34 heavy (non-hydrogen) atoms. The predicted octanol–water partition coefficient (Wildman–Crippen LogP) is 4.99. The fraction of sp³-hybridized carbons (Fsp3) is 0.308. The number of anilines is 3. The van der Waals surface area contributed by atoms with Crippen LogP contribution in [0.3, 0.4) is 0 Å². The first-order valence-corrected chi connectivity index (χ1v) is 11.5. The minimum absolute atomic E-state index is 0.267. The number of halogens is 1. The van der Waals surface area contributed by atoms with Crippen LogP contribution in [0, 0.1) is 18.7 Å². The zero-order valence-corrected chi connectivity index (χ0v) is 19.1. The van der Waals surface area contributed by atoms with E-state index in [0.717, 1.165) is 31.9 Å². The molecule has 176 valence electrons. The van der Waals surface area contributed by atoms with Crippen molar-refractivity contribution in [1.29, 1.82) is 0 Å². The standard InChI is InChI=1S/C26H28FN5O2/c1-17-12-23(22(27)16-29-17)30-20-9-4-8-19(14-20)25(33)32-24(13-18-6-2-3-7-18)26(34)31-21-10-5-11-28-15-21/h4-5,8-12,14-16,18,24H,2-3,6-7,13H2,1H3,(H,29,30)(H,31,34)(H,32,33)/t24-/m0/s1. The molecule has 2 heterocycles. The molecule has 0 aliphatic heterocycles. The Labute approximate surface area is 198 Å². The molecular formula is C26H28FN5O2. The molecule has 1 atom stereocenters. The number of carbonyl (C=O) groups is 2. The van der Waals surface area contributed by atoms with Gasteiger partial charge in [0.05, 0.1) is 23.8 Å². The second kappa shape index (κ2) is 10.9. The van der Waals surface area contributed by atoms with Crippen LogP contribution in [-0.2, 0) is 4.79 Å². The van der Waals surface area contributed by atoms with Gasteiger partial charge in [0.25, 0.3) is 5.91 Å². The van der Waals surface area contributed by atoms with E-state index in [9.17, 15) is 14.0 Å². The van der Waals surface area contributed by atoms with Gasteiger partial charge >= 0.3 is 0 Å². The molecule has 7 nitrogen and oxygen atoms in total. The highest BCUT2D eigenvalue weighted by molar-refractivity contribution is 6.01. The van der Waals surface area contributed by atoms with Crippen LogP contribution in [0.15, 0.2) is 61.1 Å². The highest BCUT2D eigenvalue weighted by atomic mass is 19.1. The number of amides is 2. The van der Waals surface area contributed by atoms with E-state index in [1.54, 1.807) is 61.8 Å². The van der Waals surface area contributed by atoms with Gasteiger partial charge in [-0.2, -0.15) is 0 Å². The Balaban J connectivity index is 1.48. The zero-order chi connectivity index (χ0) is 23.9. The van der Waals surface area contributed by atoms with Crippen molar-refractivity contribution < 1.29 is 14.0 Å². The summed E-state index contributed by atoms with van der Waals surface area (Å²) >= 11 is 0. The normalized spacial score (nSPS) is 14.4. The van der Waals surface area contributed by atoms with Gasteiger partial charge in [-0.3, -0.25) is 19.6 Å². The number of carbonyl (C=O) groups excluding carboxylic acids is 2. The molecule has 3 aromatic rings. The van der Waals surface area contributed by atoms with Crippen molar-refractivity contribution in [2.45, 2.75) is 45.1 Å². The predicted molar refractivity (Wildman–Crippen MR) is 129 cm³/mol. The lowest BCUT2D eigenvalue weighted by Crippen LogP contribution is -2.44. The lowest BCUT2D eigenvalue weighted by molar-refractivity contribution is -0.118. The number of benzene rings is 1. The Hall–Kier alpha value is -3.81. The average molecular weight is 462 g/mol. The lowest BCUT2D eigenvalue weighted by atomic mass is 9.97. The summed E-state index contributed by atoms with van der Waals surface area (Å²) in [5, 5.41) is 8.76. The van der Waals surface area contributed by atoms with Crippen LogP contribution in [-0.4, -0.2) is 27.8 Å². The fourth-order valence-corrected chi connectivity index (χ4v) is 4.25. The van der Waals surface area contributed by atoms with E-state index in [0.29, 0.717) is 35.0 Å². The van der Waals surface area contributed by atoms with Gasteiger partial charge in [0.1, 0.15) is 6.04 Å². The molecule has 1 fully saturated rings. The quantitative estimate of drug-likeness (QED) is 0.439. The summed E-state index contributed by atoms with van der Waals surface area (Å²) < 4.78 is 14.1. The summed E-state index contributed by atoms with van der Waals surface area (Å²) in [6.45, 7) is 1.77. The number of rotatable bonds is 8. The summed E-state index contributed by atoms with van der Waals surface area (Å²) in [5.74, 6) is -0.712. The van der Waals surface area contributed by atoms with Gasteiger partial charge in [-0.25, -0.2) is 4.39 Å². The van der Waals surface area contributed by atoms with Gasteiger partial charge in [-0.05, 0) is 55.7 Å². The zero-order valence-electron chi connectivity index (χ0n) is 19.1. The van der Waals surface area contributed by atoms with Crippen LogP contribution in [0.4, 0.5) is 21.5 Å². The second-order valence-electron chi connectivity index (χ2n) is 8.65. The Bertz CT molecular complexity index is 1150. The van der Waals surface area contributed by atoms with E-state index in [4.69, 9.17) is 0 Å². The van der Waals surface area contributed by atoms with E-state index < -0.39 is 11.9 Å². The maximum atomic E-state index is 14.1. The molecule has 2 aromatic heterocycles. The fourth-order valence-electron chi connectivity index (χ4n) is 4.25. The summed E-state index contributed by atoms with van der Waals surface area (Å²) in [5.41, 5.74) is 2.47. The van der Waals surface area contributed by atoms with Gasteiger partial charge in [-0.15, -0.1) is 0 Å². The Morgan fingerprint density at radius 2 is 1.88 bits per heavy atom. The molecule has 1 aliphatic rings. The lowest BCUT2D eigenvalue weighted by Gasteiger charge is -2.21. The van der Waals surface area contributed by atoms with E-state index in [-0.39, 0.29) is 17.5 Å². The number of nitrogens with one attached hydrogen (secondary N) is 3. The first kappa shape index (κ1) is 23.4. The SMILES string of the molecule is Cc1cc(Nc2cccc(C(=O)N[C@@H](CC3CCCC3)C(=O)Nc3cccnc3)c2)c(F)cn1. The second-order valence-corrected chi connectivity index (χ2v) is 8.65. The van der Waals surface area contributed by atoms with E-state index in [1.165, 1.54) is 0 Å². The number of pyridine rings is 2. The van der Waals surface area contributed by atoms with Crippen molar-refractivity contribution in [3.05, 3.63) is 78.1 Å². The highest BCUT2D eigenvalue weighted by Crippen LogP contribution is 2.29. The van der Waals surface area contributed by atoms with Crippen molar-refractivity contribution >= 4 is 28.9 Å². The first-order valence-electron chi connectivity index (χ1n) is 11.5. The smallest absolute Gasteiger partial charge is 0.252 e. The average Bonchev–Trinajstić information content (AvgIpc) is 3.35. The number of nitrogens with zero attached hydrogens (tertiary/aromatic N) is 2. The molecule has 2 amide bonds. The summed E-state index contributed by atoms with van der Waals surface area (Å²) in [6, 6.07) is 11.2. The van der Waals surface area contributed by atoms with Crippen LogP contribution >= 0.6 is 0 Å². The summed E-state index contributed by atoms with van der Waals surface area (Å²) in [4.78, 5) is 34.1. The summed E-state index contributed by atoms with van der Waals surface area (Å²) in [6.07, 6.45) is 9.35. The van der Waals surface area contributed by atoms with Gasteiger partial charge < -0.3 is 16.0 Å². The highest BCUT2D eigenvalue weighted by Gasteiger charge is 2.27. The molecule has 4 rings (SSSR count). The third-order valence-corrected chi connectivity index (χ3v) is 5.99. The van der Waals surface area contributed by atoms with Crippen LogP contribution in [0.5, 0.6) is 0 Å². The molecule has 0 saturated heterocycles. The molecule has 0 spiro atoms. The van der Waals surface area contributed by atoms with Gasteiger partial charge in [0, 0.05) is 23.1 Å². The number of hydrogen-bond donors (Lipinski definition) is 3. The Morgan fingerprint density at radius 3 is 2.65 bits per heavy atom. The van der Waals surface area contributed by atoms with Crippen molar-refractivity contribution in [1.82, 2.24) is 15.3 Å². The molecule has 0 bridgehead atoms. The monoisotopic (exact) mass is 461 g/mol. The molecule has 8 heteroatoms. The molecular weight excluding hydrogens is 433 g/mol. The minimum Gasteiger partial charge on any atom is -0.353 e. The maximum absolute atomic E-state index is 14.1. The third kappa shape index (κ3) is 6.15. The largest absolute Gasteiger partial charge is 0.353 e. The molecule has 1 aliphatic carbocycles. The number of aromatic nitrogens is 2. The Kier molecular flexibility index (Phi) is 7.47. The van der Waals surface area contributed by atoms with E-state index in [2.05, 4.69) is 25.9 Å². The number of aryl methyl sites for hydroxylation is 1. The minimum atomic E-state index is -0.673. The topological polar surface area (TPSA) is 96.0 Å². The first-order chi connectivity index (χ1) is 16.5.